The van der Waals surface area contributed by atoms with Crippen LogP contribution in [0.25, 0.3) is 0 Å². The average molecular weight is 367 g/mol. The van der Waals surface area contributed by atoms with Gasteiger partial charge in [-0.05, 0) is 26.3 Å². The van der Waals surface area contributed by atoms with Crippen LogP contribution in [-0.4, -0.2) is 50.6 Å². The van der Waals surface area contributed by atoms with Crippen LogP contribution >= 0.6 is 0 Å². The molecule has 0 saturated carbocycles. The number of hydrogen-bond acceptors (Lipinski definition) is 6. The van der Waals surface area contributed by atoms with Crippen LogP contribution in [-0.2, 0) is 30.3 Å². The molecule has 0 aliphatic heterocycles. The molecule has 1 N–H and O–H groups in total. The van der Waals surface area contributed by atoms with Gasteiger partial charge in [0.05, 0.1) is 32.8 Å². The first kappa shape index (κ1) is 21.9. The van der Waals surface area contributed by atoms with E-state index in [1.165, 1.54) is 0 Å². The number of nitrogens with one attached hydrogen (secondary N) is 1. The molecule has 0 saturated heterocycles. The van der Waals surface area contributed by atoms with E-state index in [4.69, 9.17) is 18.9 Å². The number of carbonyl (C=O) groups is 2. The van der Waals surface area contributed by atoms with Gasteiger partial charge in [-0.3, -0.25) is 4.79 Å². The van der Waals surface area contributed by atoms with Gasteiger partial charge < -0.3 is 24.3 Å². The number of alkyl carbamates (subject to hydrolysis) is 1. The van der Waals surface area contributed by atoms with Crippen LogP contribution in [0.1, 0.15) is 32.8 Å². The lowest BCUT2D eigenvalue weighted by Gasteiger charge is -2.19. The van der Waals surface area contributed by atoms with Gasteiger partial charge in [-0.15, -0.1) is 0 Å². The van der Waals surface area contributed by atoms with Crippen LogP contribution in [0.4, 0.5) is 4.79 Å². The molecule has 0 aromatic heterocycles. The first-order chi connectivity index (χ1) is 12.4. The second kappa shape index (κ2) is 12.3. The molecule has 0 spiro atoms. The second-order valence-corrected chi connectivity index (χ2v) is 6.55. The van der Waals surface area contributed by atoms with Crippen molar-refractivity contribution in [2.75, 3.05) is 33.0 Å². The Morgan fingerprint density at radius 2 is 1.62 bits per heavy atom. The molecule has 0 atom stereocenters. The van der Waals surface area contributed by atoms with Gasteiger partial charge in [0, 0.05) is 6.54 Å². The van der Waals surface area contributed by atoms with Crippen LogP contribution in [0.2, 0.25) is 0 Å². The number of hydrogen-bond donors (Lipinski definition) is 1. The first-order valence-corrected chi connectivity index (χ1v) is 8.69. The van der Waals surface area contributed by atoms with Gasteiger partial charge in [-0.25, -0.2) is 4.79 Å². The molecule has 1 amide bonds. The third-order valence-electron chi connectivity index (χ3n) is 2.97. The number of amides is 1. The van der Waals surface area contributed by atoms with Gasteiger partial charge in [0.15, 0.2) is 0 Å². The minimum absolute atomic E-state index is 0.214. The fourth-order valence-corrected chi connectivity index (χ4v) is 1.87. The van der Waals surface area contributed by atoms with Crippen molar-refractivity contribution in [1.29, 1.82) is 0 Å². The van der Waals surface area contributed by atoms with E-state index in [1.807, 2.05) is 51.1 Å². The van der Waals surface area contributed by atoms with Gasteiger partial charge in [-0.1, -0.05) is 30.3 Å². The van der Waals surface area contributed by atoms with Crippen molar-refractivity contribution in [2.24, 2.45) is 0 Å². The monoisotopic (exact) mass is 367 g/mol. The molecule has 1 aromatic carbocycles. The van der Waals surface area contributed by atoms with E-state index in [9.17, 15) is 9.59 Å². The molecular formula is C19H29NO6. The average Bonchev–Trinajstić information content (AvgIpc) is 2.58. The number of carbonyl (C=O) groups excluding carboxylic acids is 2. The SMILES string of the molecule is CC(C)(C)OC(=O)CCOCCOCCNC(=O)OCc1ccccc1. The van der Waals surface area contributed by atoms with Gasteiger partial charge in [0.1, 0.15) is 12.2 Å². The summed E-state index contributed by atoms with van der Waals surface area (Å²) in [6.07, 6.45) is -0.266. The fourth-order valence-electron chi connectivity index (χ4n) is 1.87. The zero-order valence-electron chi connectivity index (χ0n) is 15.8. The molecule has 1 rings (SSSR count). The predicted octanol–water partition coefficient (Wildman–Crippen LogP) is 2.68. The van der Waals surface area contributed by atoms with Crippen LogP contribution in [0.3, 0.4) is 0 Å². The number of benzene rings is 1. The van der Waals surface area contributed by atoms with Crippen molar-refractivity contribution in [1.82, 2.24) is 5.32 Å². The molecule has 7 heteroatoms. The Labute approximate surface area is 155 Å². The molecule has 0 bridgehead atoms. The molecule has 7 nitrogen and oxygen atoms in total. The van der Waals surface area contributed by atoms with Crippen LogP contribution < -0.4 is 5.32 Å². The molecule has 0 unspecified atom stereocenters. The molecule has 0 aliphatic carbocycles. The van der Waals surface area contributed by atoms with E-state index in [2.05, 4.69) is 5.32 Å². The highest BCUT2D eigenvalue weighted by Crippen LogP contribution is 2.08. The van der Waals surface area contributed by atoms with Gasteiger partial charge in [0.2, 0.25) is 0 Å². The predicted molar refractivity (Wildman–Crippen MR) is 96.7 cm³/mol. The zero-order valence-corrected chi connectivity index (χ0v) is 15.8. The van der Waals surface area contributed by atoms with Gasteiger partial charge >= 0.3 is 12.1 Å². The van der Waals surface area contributed by atoms with Crippen molar-refractivity contribution in [3.05, 3.63) is 35.9 Å². The normalized spacial score (nSPS) is 11.0. The van der Waals surface area contributed by atoms with Crippen molar-refractivity contribution in [3.63, 3.8) is 0 Å². The lowest BCUT2D eigenvalue weighted by atomic mass is 10.2. The minimum atomic E-state index is -0.480. The third kappa shape index (κ3) is 12.3. The first-order valence-electron chi connectivity index (χ1n) is 8.69. The number of ether oxygens (including phenoxy) is 4. The summed E-state index contributed by atoms with van der Waals surface area (Å²) in [5.74, 6) is -0.281. The quantitative estimate of drug-likeness (QED) is 0.478. The van der Waals surface area contributed by atoms with Crippen molar-refractivity contribution < 1.29 is 28.5 Å². The van der Waals surface area contributed by atoms with E-state index >= 15 is 0 Å². The summed E-state index contributed by atoms with van der Waals surface area (Å²) in [4.78, 5) is 23.0. The lowest BCUT2D eigenvalue weighted by molar-refractivity contribution is -0.156. The molecule has 0 heterocycles. The van der Waals surface area contributed by atoms with Gasteiger partial charge in [-0.2, -0.15) is 0 Å². The van der Waals surface area contributed by atoms with Crippen LogP contribution in [0.5, 0.6) is 0 Å². The molecule has 1 aromatic rings. The Kier molecular flexibility index (Phi) is 10.3. The van der Waals surface area contributed by atoms with Crippen LogP contribution in [0, 0.1) is 0 Å². The topological polar surface area (TPSA) is 83.1 Å². The lowest BCUT2D eigenvalue weighted by Crippen LogP contribution is -2.28. The second-order valence-electron chi connectivity index (χ2n) is 6.55. The summed E-state index contributed by atoms with van der Waals surface area (Å²) in [5.41, 5.74) is 0.456. The Morgan fingerprint density at radius 3 is 2.27 bits per heavy atom. The Morgan fingerprint density at radius 1 is 0.962 bits per heavy atom. The number of esters is 1. The molecule has 146 valence electrons. The zero-order chi connectivity index (χ0) is 19.3. The van der Waals surface area contributed by atoms with Crippen molar-refractivity contribution in [2.45, 2.75) is 39.4 Å². The Hall–Kier alpha value is -2.12. The standard InChI is InChI=1S/C19H29NO6/c1-19(2,3)26-17(21)9-11-23-13-14-24-12-10-20-18(22)25-15-16-7-5-4-6-8-16/h4-8H,9-15H2,1-3H3,(H,20,22). The minimum Gasteiger partial charge on any atom is -0.460 e. The van der Waals surface area contributed by atoms with E-state index in [0.717, 1.165) is 5.56 Å². The van der Waals surface area contributed by atoms with E-state index < -0.39 is 11.7 Å². The van der Waals surface area contributed by atoms with E-state index in [1.54, 1.807) is 0 Å². The molecule has 0 radical (unpaired) electrons. The summed E-state index contributed by atoms with van der Waals surface area (Å²) >= 11 is 0. The summed E-state index contributed by atoms with van der Waals surface area (Å²) < 4.78 is 20.9. The third-order valence-corrected chi connectivity index (χ3v) is 2.97. The fraction of sp³-hybridized carbons (Fsp3) is 0.579. The smallest absolute Gasteiger partial charge is 0.407 e. The number of rotatable bonds is 11. The van der Waals surface area contributed by atoms with Crippen LogP contribution in [0.15, 0.2) is 30.3 Å². The Balaban J connectivity index is 1.90. The molecular weight excluding hydrogens is 338 g/mol. The summed E-state index contributed by atoms with van der Waals surface area (Å²) in [7, 11) is 0. The highest BCUT2D eigenvalue weighted by atomic mass is 16.6. The summed E-state index contributed by atoms with van der Waals surface area (Å²) in [5, 5.41) is 2.60. The van der Waals surface area contributed by atoms with Crippen molar-refractivity contribution >= 4 is 12.1 Å². The molecule has 0 fully saturated rings. The largest absolute Gasteiger partial charge is 0.460 e. The maximum atomic E-state index is 11.5. The van der Waals surface area contributed by atoms with E-state index in [-0.39, 0.29) is 19.0 Å². The Bertz CT molecular complexity index is 527. The van der Waals surface area contributed by atoms with E-state index in [0.29, 0.717) is 33.0 Å². The van der Waals surface area contributed by atoms with Gasteiger partial charge in [0.25, 0.3) is 0 Å². The molecule has 0 aliphatic rings. The summed E-state index contributed by atoms with van der Waals surface area (Å²) in [6, 6.07) is 9.46. The van der Waals surface area contributed by atoms with Crippen molar-refractivity contribution in [3.8, 4) is 0 Å². The highest BCUT2D eigenvalue weighted by molar-refractivity contribution is 5.69. The maximum absolute atomic E-state index is 11.5. The maximum Gasteiger partial charge on any atom is 0.407 e. The molecule has 26 heavy (non-hydrogen) atoms. The highest BCUT2D eigenvalue weighted by Gasteiger charge is 2.15. The summed E-state index contributed by atoms with van der Waals surface area (Å²) in [6.45, 7) is 7.47.